The fourth-order valence-corrected chi connectivity index (χ4v) is 11.0. The summed E-state index contributed by atoms with van der Waals surface area (Å²) in [5, 5.41) is 12.1. The lowest BCUT2D eigenvalue weighted by atomic mass is 9.93. The van der Waals surface area contributed by atoms with E-state index in [4.69, 9.17) is 15.0 Å². The molecule has 4 nitrogen and oxygen atoms in total. The first-order chi connectivity index (χ1) is 30.8. The minimum absolute atomic E-state index is 0.575. The van der Waals surface area contributed by atoms with E-state index in [-0.39, 0.29) is 0 Å². The van der Waals surface area contributed by atoms with E-state index < -0.39 is 0 Å². The van der Waals surface area contributed by atoms with Crippen molar-refractivity contribution in [3.8, 4) is 51.0 Å². The Morgan fingerprint density at radius 1 is 0.339 bits per heavy atom. The normalized spacial score (nSPS) is 11.9. The number of para-hydroxylation sites is 2. The lowest BCUT2D eigenvalue weighted by molar-refractivity contribution is 0.954. The van der Waals surface area contributed by atoms with Gasteiger partial charge in [0.1, 0.15) is 0 Å². The van der Waals surface area contributed by atoms with E-state index in [1.165, 1.54) is 69.2 Å². The number of hydrogen-bond acceptors (Lipinski definition) is 4. The molecule has 62 heavy (non-hydrogen) atoms. The summed E-state index contributed by atoms with van der Waals surface area (Å²) in [6, 6.07) is 73.8. The number of benzene rings is 10. The first kappa shape index (κ1) is 34.8. The van der Waals surface area contributed by atoms with Crippen molar-refractivity contribution in [2.45, 2.75) is 0 Å². The van der Waals surface area contributed by atoms with E-state index >= 15 is 0 Å². The number of rotatable bonds is 5. The fourth-order valence-electron chi connectivity index (χ4n) is 9.72. The molecule has 0 amide bonds. The highest BCUT2D eigenvalue weighted by atomic mass is 32.1. The Bertz CT molecular complexity index is 3890. The molecule has 5 heteroatoms. The maximum atomic E-state index is 5.44. The zero-order chi connectivity index (χ0) is 40.7. The van der Waals surface area contributed by atoms with Crippen LogP contribution in [0.15, 0.2) is 206 Å². The molecule has 10 aromatic carbocycles. The predicted molar refractivity (Wildman–Crippen MR) is 261 cm³/mol. The number of thiophene rings is 1. The quantitative estimate of drug-likeness (QED) is 0.163. The van der Waals surface area contributed by atoms with E-state index in [9.17, 15) is 0 Å². The number of fused-ring (bicyclic) bond motifs is 12. The summed E-state index contributed by atoms with van der Waals surface area (Å²) in [4.78, 5) is 16.0. The summed E-state index contributed by atoms with van der Waals surface area (Å²) in [6.45, 7) is 0. The first-order valence-electron chi connectivity index (χ1n) is 20.9. The van der Waals surface area contributed by atoms with Crippen LogP contribution in [0.25, 0.3) is 125 Å². The topological polar surface area (TPSA) is 43.6 Å². The molecule has 0 aliphatic carbocycles. The molecule has 13 aromatic rings. The van der Waals surface area contributed by atoms with Crippen LogP contribution in [0, 0.1) is 0 Å². The van der Waals surface area contributed by atoms with Gasteiger partial charge in [0.05, 0.1) is 11.0 Å². The molecule has 0 saturated heterocycles. The minimum Gasteiger partial charge on any atom is -0.277 e. The molecule has 0 spiro atoms. The monoisotopic (exact) mass is 806 g/mol. The van der Waals surface area contributed by atoms with Gasteiger partial charge in [-0.15, -0.1) is 11.3 Å². The third-order valence-corrected chi connectivity index (χ3v) is 13.7. The Labute approximate surface area is 360 Å². The zero-order valence-corrected chi connectivity index (χ0v) is 34.1. The summed E-state index contributed by atoms with van der Waals surface area (Å²) in [5.41, 5.74) is 8.75. The summed E-state index contributed by atoms with van der Waals surface area (Å²) >= 11 is 1.86. The van der Waals surface area contributed by atoms with E-state index in [0.29, 0.717) is 17.6 Å². The van der Waals surface area contributed by atoms with Gasteiger partial charge >= 0.3 is 0 Å². The molecule has 3 heterocycles. The summed E-state index contributed by atoms with van der Waals surface area (Å²) in [5.74, 6) is 1.82. The Balaban J connectivity index is 1.09. The van der Waals surface area contributed by atoms with Gasteiger partial charge in [0.15, 0.2) is 11.6 Å². The van der Waals surface area contributed by atoms with Crippen LogP contribution < -0.4 is 0 Å². The molecule has 0 saturated carbocycles. The van der Waals surface area contributed by atoms with Gasteiger partial charge in [-0.25, -0.2) is 4.98 Å². The van der Waals surface area contributed by atoms with Crippen molar-refractivity contribution in [1.29, 1.82) is 0 Å². The third-order valence-electron chi connectivity index (χ3n) is 12.5. The Morgan fingerprint density at radius 2 is 0.871 bits per heavy atom. The molecule has 0 aliphatic rings. The van der Waals surface area contributed by atoms with Crippen molar-refractivity contribution in [3.05, 3.63) is 206 Å². The van der Waals surface area contributed by atoms with Crippen molar-refractivity contribution >= 4 is 85.6 Å². The lowest BCUT2D eigenvalue weighted by Gasteiger charge is -2.14. The van der Waals surface area contributed by atoms with Crippen LogP contribution in [0.3, 0.4) is 0 Å². The molecule has 3 aromatic heterocycles. The molecule has 288 valence electrons. The van der Waals surface area contributed by atoms with Crippen LogP contribution in [0.4, 0.5) is 0 Å². The minimum atomic E-state index is 0.575. The SMILES string of the molecule is c1ccc(-c2nc(-c3ccc4c5ccccc5c5ccccc5c4c3)nc(-n3c4ccccc4c4cccc(-c5cccc6c5sc5cccc(-c7ccccc7)c56)c43)n2)cc1. The van der Waals surface area contributed by atoms with Gasteiger partial charge in [0.2, 0.25) is 5.95 Å². The van der Waals surface area contributed by atoms with Crippen LogP contribution in [0.1, 0.15) is 0 Å². The van der Waals surface area contributed by atoms with Gasteiger partial charge in [-0.05, 0) is 61.6 Å². The lowest BCUT2D eigenvalue weighted by Crippen LogP contribution is -2.07. The van der Waals surface area contributed by atoms with Gasteiger partial charge in [0.25, 0.3) is 0 Å². The second kappa shape index (κ2) is 13.8. The zero-order valence-electron chi connectivity index (χ0n) is 33.3. The van der Waals surface area contributed by atoms with E-state index in [1.807, 2.05) is 29.5 Å². The van der Waals surface area contributed by atoms with Crippen LogP contribution in [-0.2, 0) is 0 Å². The molecule has 0 radical (unpaired) electrons. The maximum absolute atomic E-state index is 5.44. The van der Waals surface area contributed by atoms with Crippen LogP contribution >= 0.6 is 11.3 Å². The van der Waals surface area contributed by atoms with Crippen molar-refractivity contribution in [2.75, 3.05) is 0 Å². The maximum Gasteiger partial charge on any atom is 0.238 e. The second-order valence-corrected chi connectivity index (χ2v) is 16.9. The smallest absolute Gasteiger partial charge is 0.238 e. The van der Waals surface area contributed by atoms with E-state index in [0.717, 1.165) is 38.5 Å². The van der Waals surface area contributed by atoms with Crippen LogP contribution in [0.5, 0.6) is 0 Å². The largest absolute Gasteiger partial charge is 0.277 e. The molecule has 0 atom stereocenters. The molecule has 0 bridgehead atoms. The summed E-state index contributed by atoms with van der Waals surface area (Å²) in [7, 11) is 0. The number of aromatic nitrogens is 4. The molecule has 13 rings (SSSR count). The van der Waals surface area contributed by atoms with Gasteiger partial charge in [-0.1, -0.05) is 188 Å². The van der Waals surface area contributed by atoms with E-state index in [2.05, 4.69) is 193 Å². The molecule has 0 fully saturated rings. The van der Waals surface area contributed by atoms with Crippen molar-refractivity contribution in [3.63, 3.8) is 0 Å². The molecule has 0 N–H and O–H groups in total. The highest BCUT2D eigenvalue weighted by Gasteiger charge is 2.23. The predicted octanol–water partition coefficient (Wildman–Crippen LogP) is 15.5. The molecule has 0 aliphatic heterocycles. The summed E-state index contributed by atoms with van der Waals surface area (Å²) < 4.78 is 4.79. The highest BCUT2D eigenvalue weighted by Crippen LogP contribution is 2.46. The average Bonchev–Trinajstić information content (AvgIpc) is 3.91. The van der Waals surface area contributed by atoms with E-state index in [1.54, 1.807) is 0 Å². The Kier molecular flexibility index (Phi) is 7.74. The number of hydrogen-bond donors (Lipinski definition) is 0. The van der Waals surface area contributed by atoms with Gasteiger partial charge in [-0.3, -0.25) is 4.57 Å². The summed E-state index contributed by atoms with van der Waals surface area (Å²) in [6.07, 6.45) is 0. The second-order valence-electron chi connectivity index (χ2n) is 15.9. The van der Waals surface area contributed by atoms with Gasteiger partial charge < -0.3 is 0 Å². The fraction of sp³-hybridized carbons (Fsp3) is 0. The third kappa shape index (κ3) is 5.29. The Hall–Kier alpha value is -7.99. The average molecular weight is 807 g/mol. The van der Waals surface area contributed by atoms with Crippen molar-refractivity contribution < 1.29 is 0 Å². The highest BCUT2D eigenvalue weighted by molar-refractivity contribution is 7.26. The Morgan fingerprint density at radius 3 is 1.60 bits per heavy atom. The van der Waals surface area contributed by atoms with Gasteiger partial charge in [-0.2, -0.15) is 9.97 Å². The molecular weight excluding hydrogens is 773 g/mol. The standard InChI is InChI=1S/C57H34N4S/c1-3-16-35(17-4-1)38-25-15-31-51-52(38)48-29-14-28-47(54(48)62-51)46-27-13-26-45-44-24-11-12-30-50(44)61(53(45)46)57-59-55(36-18-5-2-6-19-36)58-56(60-57)37-32-33-43-41-22-8-7-20-39(41)40-21-9-10-23-42(40)49(43)34-37/h1-34H. The molecule has 0 unspecified atom stereocenters. The van der Waals surface area contributed by atoms with Crippen LogP contribution in [0.2, 0.25) is 0 Å². The first-order valence-corrected chi connectivity index (χ1v) is 21.8. The van der Waals surface area contributed by atoms with Crippen molar-refractivity contribution in [2.24, 2.45) is 0 Å². The van der Waals surface area contributed by atoms with Gasteiger partial charge in [0, 0.05) is 53.2 Å². The molecular formula is C57H34N4S. The van der Waals surface area contributed by atoms with Crippen LogP contribution in [-0.4, -0.2) is 19.5 Å². The van der Waals surface area contributed by atoms with Crippen molar-refractivity contribution in [1.82, 2.24) is 19.5 Å². The number of nitrogens with zero attached hydrogens (tertiary/aromatic N) is 4.